The van der Waals surface area contributed by atoms with Crippen molar-refractivity contribution in [2.45, 2.75) is 64.8 Å². The Balaban J connectivity index is 2.00. The van der Waals surface area contributed by atoms with Crippen LogP contribution >= 0.6 is 0 Å². The highest BCUT2D eigenvalue weighted by atomic mass is 15.0. The van der Waals surface area contributed by atoms with Gasteiger partial charge in [0.05, 0.1) is 5.52 Å². The highest BCUT2D eigenvalue weighted by Gasteiger charge is 2.39. The summed E-state index contributed by atoms with van der Waals surface area (Å²) in [4.78, 5) is 0. The summed E-state index contributed by atoms with van der Waals surface area (Å²) in [5.41, 5.74) is 6.31. The molecular weight excluding hydrogens is 374 g/mol. The van der Waals surface area contributed by atoms with Gasteiger partial charge in [-0.3, -0.25) is 0 Å². The number of hydrogen-bond donors (Lipinski definition) is 0. The third-order valence-electron chi connectivity index (χ3n) is 8.00. The summed E-state index contributed by atoms with van der Waals surface area (Å²) in [5, 5.41) is 8.43. The van der Waals surface area contributed by atoms with E-state index in [0.717, 1.165) is 6.54 Å². The maximum absolute atomic E-state index is 2.57. The Morgan fingerprint density at radius 1 is 0.677 bits per heavy atom. The number of benzene rings is 4. The minimum Gasteiger partial charge on any atom is -0.340 e. The molecule has 0 aliphatic heterocycles. The first-order valence-corrected chi connectivity index (χ1v) is 11.7. The van der Waals surface area contributed by atoms with E-state index in [4.69, 9.17) is 0 Å². The maximum Gasteiger partial charge on any atom is 0.0577 e. The first-order chi connectivity index (χ1) is 14.8. The molecular formula is C30H31N. The van der Waals surface area contributed by atoms with Crippen molar-refractivity contribution >= 4 is 43.4 Å². The van der Waals surface area contributed by atoms with Crippen molar-refractivity contribution in [3.05, 3.63) is 71.8 Å². The molecule has 1 heterocycles. The van der Waals surface area contributed by atoms with Crippen molar-refractivity contribution in [2.75, 3.05) is 0 Å². The van der Waals surface area contributed by atoms with Crippen molar-refractivity contribution in [3.63, 3.8) is 0 Å². The van der Waals surface area contributed by atoms with Gasteiger partial charge in [0.25, 0.3) is 0 Å². The lowest BCUT2D eigenvalue weighted by molar-refractivity contribution is 0.334. The summed E-state index contributed by atoms with van der Waals surface area (Å²) in [6, 6.07) is 22.8. The first-order valence-electron chi connectivity index (χ1n) is 11.7. The van der Waals surface area contributed by atoms with Crippen molar-refractivity contribution in [2.24, 2.45) is 0 Å². The van der Waals surface area contributed by atoms with Crippen molar-refractivity contribution in [1.29, 1.82) is 0 Å². The van der Waals surface area contributed by atoms with E-state index >= 15 is 0 Å². The SMILES string of the molecule is CCn1c2ccc3c(c2c2c4ccccc4c4ccccc4c21)C(C)(C)CCC3(C)C. The Kier molecular flexibility index (Phi) is 3.74. The number of nitrogens with zero attached hydrogens (tertiary/aromatic N) is 1. The van der Waals surface area contributed by atoms with Gasteiger partial charge in [-0.05, 0) is 63.9 Å². The van der Waals surface area contributed by atoms with Crippen LogP contribution in [0.4, 0.5) is 0 Å². The lowest BCUT2D eigenvalue weighted by Crippen LogP contribution is -2.34. The Hall–Kier alpha value is -2.80. The van der Waals surface area contributed by atoms with Gasteiger partial charge in [-0.1, -0.05) is 82.3 Å². The van der Waals surface area contributed by atoms with Gasteiger partial charge in [-0.15, -0.1) is 0 Å². The molecule has 0 atom stereocenters. The van der Waals surface area contributed by atoms with Crippen LogP contribution in [0.25, 0.3) is 43.4 Å². The molecule has 1 heteroatoms. The Labute approximate surface area is 184 Å². The second-order valence-corrected chi connectivity index (χ2v) is 10.7. The summed E-state index contributed by atoms with van der Waals surface area (Å²) >= 11 is 0. The molecule has 156 valence electrons. The van der Waals surface area contributed by atoms with E-state index in [2.05, 4.69) is 99.8 Å². The molecule has 1 aliphatic carbocycles. The number of hydrogen-bond acceptors (Lipinski definition) is 0. The zero-order chi connectivity index (χ0) is 21.5. The van der Waals surface area contributed by atoms with Gasteiger partial charge >= 0.3 is 0 Å². The highest BCUT2D eigenvalue weighted by molar-refractivity contribution is 6.32. The molecule has 0 radical (unpaired) electrons. The summed E-state index contributed by atoms with van der Waals surface area (Å²) in [6.07, 6.45) is 2.48. The van der Waals surface area contributed by atoms with Crippen molar-refractivity contribution in [3.8, 4) is 0 Å². The van der Waals surface area contributed by atoms with Gasteiger partial charge in [0, 0.05) is 28.2 Å². The standard InChI is InChI=1S/C30H31N/c1-6-31-24-16-15-23-27(30(4,5)18-17-29(23,2)3)26(24)25-21-13-9-7-11-19(21)20-12-8-10-14-22(20)28(25)31/h7-16H,6,17-18H2,1-5H3. The minimum atomic E-state index is 0.171. The smallest absolute Gasteiger partial charge is 0.0577 e. The summed E-state index contributed by atoms with van der Waals surface area (Å²) < 4.78 is 2.57. The first kappa shape index (κ1) is 18.9. The molecule has 0 amide bonds. The quantitative estimate of drug-likeness (QED) is 0.246. The third kappa shape index (κ3) is 2.38. The van der Waals surface area contributed by atoms with Gasteiger partial charge in [-0.2, -0.15) is 0 Å². The molecule has 0 unspecified atom stereocenters. The van der Waals surface area contributed by atoms with E-state index in [1.54, 1.807) is 11.1 Å². The zero-order valence-corrected chi connectivity index (χ0v) is 19.3. The lowest BCUT2D eigenvalue weighted by atomic mass is 9.62. The number of rotatable bonds is 1. The zero-order valence-electron chi connectivity index (χ0n) is 19.3. The van der Waals surface area contributed by atoms with Crippen molar-refractivity contribution in [1.82, 2.24) is 4.57 Å². The summed E-state index contributed by atoms with van der Waals surface area (Å²) in [6.45, 7) is 13.0. The molecule has 6 rings (SSSR count). The lowest BCUT2D eigenvalue weighted by Gasteiger charge is -2.42. The minimum absolute atomic E-state index is 0.171. The fraction of sp³-hybridized carbons (Fsp3) is 0.333. The van der Waals surface area contributed by atoms with E-state index < -0.39 is 0 Å². The summed E-state index contributed by atoms with van der Waals surface area (Å²) in [5.74, 6) is 0. The molecule has 1 nitrogen and oxygen atoms in total. The van der Waals surface area contributed by atoms with Gasteiger partial charge in [0.2, 0.25) is 0 Å². The fourth-order valence-corrected chi connectivity index (χ4v) is 6.33. The van der Waals surface area contributed by atoms with E-state index in [-0.39, 0.29) is 10.8 Å². The third-order valence-corrected chi connectivity index (χ3v) is 8.00. The Bertz CT molecular complexity index is 1510. The molecule has 0 saturated carbocycles. The topological polar surface area (TPSA) is 4.93 Å². The molecule has 0 fully saturated rings. The maximum atomic E-state index is 2.57. The number of fused-ring (bicyclic) bond motifs is 10. The molecule has 0 bridgehead atoms. The van der Waals surface area contributed by atoms with Gasteiger partial charge in [-0.25, -0.2) is 0 Å². The van der Waals surface area contributed by atoms with Crippen LogP contribution < -0.4 is 0 Å². The van der Waals surface area contributed by atoms with Crippen LogP contribution in [0, 0.1) is 0 Å². The largest absolute Gasteiger partial charge is 0.340 e. The van der Waals surface area contributed by atoms with E-state index in [1.165, 1.54) is 56.2 Å². The second-order valence-electron chi connectivity index (χ2n) is 10.7. The Morgan fingerprint density at radius 2 is 1.26 bits per heavy atom. The average molecular weight is 406 g/mol. The predicted molar refractivity (Wildman–Crippen MR) is 135 cm³/mol. The average Bonchev–Trinajstić information content (AvgIpc) is 3.11. The van der Waals surface area contributed by atoms with Crippen molar-refractivity contribution < 1.29 is 0 Å². The molecule has 1 aromatic heterocycles. The number of aryl methyl sites for hydroxylation is 1. The highest BCUT2D eigenvalue weighted by Crippen LogP contribution is 2.52. The molecule has 31 heavy (non-hydrogen) atoms. The van der Waals surface area contributed by atoms with Crippen LogP contribution in [0.3, 0.4) is 0 Å². The van der Waals surface area contributed by atoms with Crippen LogP contribution in [-0.4, -0.2) is 4.57 Å². The Morgan fingerprint density at radius 3 is 1.94 bits per heavy atom. The molecule has 4 aromatic carbocycles. The van der Waals surface area contributed by atoms with Crippen LogP contribution in [0.5, 0.6) is 0 Å². The molecule has 0 spiro atoms. The van der Waals surface area contributed by atoms with Crippen LogP contribution in [0.2, 0.25) is 0 Å². The van der Waals surface area contributed by atoms with E-state index in [0.29, 0.717) is 0 Å². The monoisotopic (exact) mass is 405 g/mol. The molecule has 1 aliphatic rings. The second kappa shape index (κ2) is 6.13. The van der Waals surface area contributed by atoms with Crippen LogP contribution in [0.1, 0.15) is 58.6 Å². The summed E-state index contributed by atoms with van der Waals surface area (Å²) in [7, 11) is 0. The normalized spacial score (nSPS) is 17.6. The molecule has 0 saturated heterocycles. The number of aromatic nitrogens is 1. The van der Waals surface area contributed by atoms with Gasteiger partial charge in [0.15, 0.2) is 0 Å². The fourth-order valence-electron chi connectivity index (χ4n) is 6.33. The molecule has 0 N–H and O–H groups in total. The predicted octanol–water partition coefficient (Wildman–Crippen LogP) is 8.47. The van der Waals surface area contributed by atoms with Crippen LogP contribution in [-0.2, 0) is 17.4 Å². The van der Waals surface area contributed by atoms with Gasteiger partial charge < -0.3 is 4.57 Å². The van der Waals surface area contributed by atoms with E-state index in [1.807, 2.05) is 0 Å². The van der Waals surface area contributed by atoms with E-state index in [9.17, 15) is 0 Å². The van der Waals surface area contributed by atoms with Crippen LogP contribution in [0.15, 0.2) is 60.7 Å². The molecule has 5 aromatic rings. The van der Waals surface area contributed by atoms with Gasteiger partial charge in [0.1, 0.15) is 0 Å².